The Balaban J connectivity index is 1.91. The lowest BCUT2D eigenvalue weighted by Gasteiger charge is -2.34. The van der Waals surface area contributed by atoms with Crippen LogP contribution in [0, 0.1) is 0 Å². The SMILES string of the molecule is CCCCN1CCN(C(=O)c2ccccc2O)CC1. The Hall–Kier alpha value is -1.55. The maximum Gasteiger partial charge on any atom is 0.257 e. The van der Waals surface area contributed by atoms with Crippen molar-refractivity contribution < 1.29 is 9.90 Å². The molecule has 0 aliphatic carbocycles. The number of hydrogen-bond acceptors (Lipinski definition) is 3. The fourth-order valence-electron chi connectivity index (χ4n) is 2.38. The van der Waals surface area contributed by atoms with E-state index in [2.05, 4.69) is 11.8 Å². The molecule has 0 bridgehead atoms. The number of unbranched alkanes of at least 4 members (excludes halogenated alkanes) is 1. The van der Waals surface area contributed by atoms with Crippen LogP contribution in [0.25, 0.3) is 0 Å². The molecular formula is C15H22N2O2. The standard InChI is InChI=1S/C15H22N2O2/c1-2-3-8-16-9-11-17(12-10-16)15(19)13-6-4-5-7-14(13)18/h4-7,18H,2-3,8-12H2,1H3. The van der Waals surface area contributed by atoms with Crippen LogP contribution in [0.15, 0.2) is 24.3 Å². The van der Waals surface area contributed by atoms with Gasteiger partial charge < -0.3 is 10.0 Å². The molecular weight excluding hydrogens is 240 g/mol. The number of rotatable bonds is 4. The second-order valence-electron chi connectivity index (χ2n) is 5.00. The van der Waals surface area contributed by atoms with Crippen molar-refractivity contribution in [3.8, 4) is 5.75 Å². The number of benzene rings is 1. The van der Waals surface area contributed by atoms with E-state index in [1.54, 1.807) is 24.3 Å². The number of aromatic hydroxyl groups is 1. The van der Waals surface area contributed by atoms with E-state index in [1.807, 2.05) is 4.90 Å². The van der Waals surface area contributed by atoms with Gasteiger partial charge in [-0.05, 0) is 25.1 Å². The van der Waals surface area contributed by atoms with Crippen molar-refractivity contribution in [2.45, 2.75) is 19.8 Å². The number of piperazine rings is 1. The molecule has 4 heteroatoms. The average molecular weight is 262 g/mol. The Labute approximate surface area is 114 Å². The van der Waals surface area contributed by atoms with Gasteiger partial charge in [0.05, 0.1) is 5.56 Å². The van der Waals surface area contributed by atoms with Gasteiger partial charge in [-0.15, -0.1) is 0 Å². The number of hydrogen-bond donors (Lipinski definition) is 1. The first kappa shape index (κ1) is 13.9. The lowest BCUT2D eigenvalue weighted by atomic mass is 10.1. The van der Waals surface area contributed by atoms with Gasteiger partial charge in [0.1, 0.15) is 5.75 Å². The molecule has 0 spiro atoms. The number of carbonyl (C=O) groups is 1. The van der Waals surface area contributed by atoms with Crippen LogP contribution in [0.3, 0.4) is 0 Å². The summed E-state index contributed by atoms with van der Waals surface area (Å²) in [6.07, 6.45) is 2.42. The van der Waals surface area contributed by atoms with E-state index < -0.39 is 0 Å². The van der Waals surface area contributed by atoms with Gasteiger partial charge in [-0.25, -0.2) is 0 Å². The van der Waals surface area contributed by atoms with Crippen molar-refractivity contribution in [3.05, 3.63) is 29.8 Å². The van der Waals surface area contributed by atoms with Crippen LogP contribution < -0.4 is 0 Å². The Kier molecular flexibility index (Phi) is 4.80. The summed E-state index contributed by atoms with van der Waals surface area (Å²) in [6.45, 7) is 6.67. The molecule has 4 nitrogen and oxygen atoms in total. The highest BCUT2D eigenvalue weighted by Crippen LogP contribution is 2.18. The zero-order valence-corrected chi connectivity index (χ0v) is 11.5. The average Bonchev–Trinajstić information content (AvgIpc) is 2.45. The van der Waals surface area contributed by atoms with E-state index in [0.717, 1.165) is 32.7 Å². The van der Waals surface area contributed by atoms with Crippen molar-refractivity contribution in [1.29, 1.82) is 0 Å². The zero-order valence-electron chi connectivity index (χ0n) is 11.5. The molecule has 1 fully saturated rings. The number of phenolic OH excluding ortho intramolecular Hbond substituents is 1. The molecule has 1 aliphatic rings. The Morgan fingerprint density at radius 2 is 1.89 bits per heavy atom. The first-order chi connectivity index (χ1) is 9.22. The minimum atomic E-state index is -0.0618. The maximum atomic E-state index is 12.3. The molecule has 0 radical (unpaired) electrons. The highest BCUT2D eigenvalue weighted by atomic mass is 16.3. The summed E-state index contributed by atoms with van der Waals surface area (Å²) in [7, 11) is 0. The summed E-state index contributed by atoms with van der Waals surface area (Å²) in [6, 6.07) is 6.76. The van der Waals surface area contributed by atoms with Crippen molar-refractivity contribution in [1.82, 2.24) is 9.80 Å². The molecule has 19 heavy (non-hydrogen) atoms. The van der Waals surface area contributed by atoms with Crippen LogP contribution in [0.2, 0.25) is 0 Å². The number of amides is 1. The first-order valence-electron chi connectivity index (χ1n) is 7.02. The van der Waals surface area contributed by atoms with Gasteiger partial charge in [-0.2, -0.15) is 0 Å². The maximum absolute atomic E-state index is 12.3. The van der Waals surface area contributed by atoms with E-state index in [-0.39, 0.29) is 11.7 Å². The molecule has 1 heterocycles. The summed E-state index contributed by atoms with van der Waals surface area (Å²) >= 11 is 0. The molecule has 0 saturated carbocycles. The molecule has 104 valence electrons. The van der Waals surface area contributed by atoms with Gasteiger partial charge in [0.2, 0.25) is 0 Å². The minimum Gasteiger partial charge on any atom is -0.507 e. The van der Waals surface area contributed by atoms with Crippen molar-refractivity contribution in [2.75, 3.05) is 32.7 Å². The fraction of sp³-hybridized carbons (Fsp3) is 0.533. The number of nitrogens with zero attached hydrogens (tertiary/aromatic N) is 2. The molecule has 1 saturated heterocycles. The quantitative estimate of drug-likeness (QED) is 0.902. The van der Waals surface area contributed by atoms with Gasteiger partial charge in [-0.3, -0.25) is 9.69 Å². The zero-order chi connectivity index (χ0) is 13.7. The molecule has 1 aromatic rings. The summed E-state index contributed by atoms with van der Waals surface area (Å²) in [5.41, 5.74) is 0.407. The van der Waals surface area contributed by atoms with Gasteiger partial charge in [0.15, 0.2) is 0 Å². The molecule has 2 rings (SSSR count). The fourth-order valence-corrected chi connectivity index (χ4v) is 2.38. The van der Waals surface area contributed by atoms with Crippen LogP contribution in [-0.2, 0) is 0 Å². The highest BCUT2D eigenvalue weighted by molar-refractivity contribution is 5.96. The van der Waals surface area contributed by atoms with Gasteiger partial charge in [0, 0.05) is 26.2 Å². The van der Waals surface area contributed by atoms with Gasteiger partial charge in [0.25, 0.3) is 5.91 Å². The normalized spacial score (nSPS) is 16.6. The van der Waals surface area contributed by atoms with Crippen LogP contribution in [-0.4, -0.2) is 53.5 Å². The lowest BCUT2D eigenvalue weighted by molar-refractivity contribution is 0.0633. The molecule has 1 aliphatic heterocycles. The third kappa shape index (κ3) is 3.47. The Morgan fingerprint density at radius 3 is 2.53 bits per heavy atom. The molecule has 1 aromatic carbocycles. The molecule has 0 aromatic heterocycles. The number of carbonyl (C=O) groups excluding carboxylic acids is 1. The minimum absolute atomic E-state index is 0.0618. The van der Waals surface area contributed by atoms with Crippen LogP contribution >= 0.6 is 0 Å². The topological polar surface area (TPSA) is 43.8 Å². The molecule has 1 N–H and O–H groups in total. The third-order valence-corrected chi connectivity index (χ3v) is 3.62. The lowest BCUT2D eigenvalue weighted by Crippen LogP contribution is -2.48. The second kappa shape index (κ2) is 6.57. The third-order valence-electron chi connectivity index (χ3n) is 3.62. The number of phenols is 1. The van der Waals surface area contributed by atoms with Crippen LogP contribution in [0.4, 0.5) is 0 Å². The first-order valence-corrected chi connectivity index (χ1v) is 7.02. The van der Waals surface area contributed by atoms with E-state index in [1.165, 1.54) is 12.8 Å². The van der Waals surface area contributed by atoms with E-state index >= 15 is 0 Å². The smallest absolute Gasteiger partial charge is 0.257 e. The van der Waals surface area contributed by atoms with Gasteiger partial charge >= 0.3 is 0 Å². The summed E-state index contributed by atoms with van der Waals surface area (Å²) in [4.78, 5) is 16.5. The van der Waals surface area contributed by atoms with Crippen molar-refractivity contribution in [3.63, 3.8) is 0 Å². The largest absolute Gasteiger partial charge is 0.507 e. The second-order valence-corrected chi connectivity index (χ2v) is 5.00. The number of para-hydroxylation sites is 1. The Morgan fingerprint density at radius 1 is 1.21 bits per heavy atom. The van der Waals surface area contributed by atoms with E-state index in [9.17, 15) is 9.90 Å². The van der Waals surface area contributed by atoms with E-state index in [0.29, 0.717) is 5.56 Å². The molecule has 0 atom stereocenters. The molecule has 1 amide bonds. The predicted molar refractivity (Wildman–Crippen MR) is 75.4 cm³/mol. The Bertz CT molecular complexity index is 426. The molecule has 0 unspecified atom stereocenters. The van der Waals surface area contributed by atoms with E-state index in [4.69, 9.17) is 0 Å². The van der Waals surface area contributed by atoms with Gasteiger partial charge in [-0.1, -0.05) is 25.5 Å². The van der Waals surface area contributed by atoms with Crippen LogP contribution in [0.1, 0.15) is 30.1 Å². The highest BCUT2D eigenvalue weighted by Gasteiger charge is 2.23. The summed E-state index contributed by atoms with van der Waals surface area (Å²) in [5.74, 6) is 0.00848. The van der Waals surface area contributed by atoms with Crippen molar-refractivity contribution in [2.24, 2.45) is 0 Å². The predicted octanol–water partition coefficient (Wildman–Crippen LogP) is 1.95. The van der Waals surface area contributed by atoms with Crippen LogP contribution in [0.5, 0.6) is 5.75 Å². The summed E-state index contributed by atoms with van der Waals surface area (Å²) < 4.78 is 0. The monoisotopic (exact) mass is 262 g/mol. The van der Waals surface area contributed by atoms with Crippen molar-refractivity contribution >= 4 is 5.91 Å². The summed E-state index contributed by atoms with van der Waals surface area (Å²) in [5, 5.41) is 9.72.